The molecule has 1 atom stereocenters. The van der Waals surface area contributed by atoms with E-state index in [2.05, 4.69) is 20.6 Å². The summed E-state index contributed by atoms with van der Waals surface area (Å²) in [5, 5.41) is 13.9. The van der Waals surface area contributed by atoms with Gasteiger partial charge in [-0.05, 0) is 6.42 Å². The minimum Gasteiger partial charge on any atom is -0.392 e. The average Bonchev–Trinajstić information content (AvgIpc) is 2.34. The standard InChI is InChI=1S/C10H12N4O3/c15-5-6-3-11-10(12-4-6)13-7-1-2-8(16)14-9(7)17/h3-4,7,15H,1-2,5H2,(H,11,12,13)(H,14,16,17). The van der Waals surface area contributed by atoms with Crippen molar-refractivity contribution in [2.24, 2.45) is 0 Å². The SMILES string of the molecule is O=C1CCC(Nc2ncc(CO)cn2)C(=O)N1. The number of imide groups is 1. The largest absolute Gasteiger partial charge is 0.392 e. The van der Waals surface area contributed by atoms with E-state index in [9.17, 15) is 9.59 Å². The van der Waals surface area contributed by atoms with E-state index in [-0.39, 0.29) is 18.4 Å². The number of carbonyl (C=O) groups excluding carboxylic acids is 2. The molecule has 1 saturated heterocycles. The van der Waals surface area contributed by atoms with Crippen molar-refractivity contribution < 1.29 is 14.7 Å². The maximum absolute atomic E-state index is 11.4. The van der Waals surface area contributed by atoms with Crippen LogP contribution in [-0.4, -0.2) is 32.9 Å². The van der Waals surface area contributed by atoms with Crippen molar-refractivity contribution in [2.45, 2.75) is 25.5 Å². The molecular formula is C10H12N4O3. The molecule has 0 saturated carbocycles. The molecule has 17 heavy (non-hydrogen) atoms. The lowest BCUT2D eigenvalue weighted by molar-refractivity contribution is -0.133. The molecule has 2 rings (SSSR count). The van der Waals surface area contributed by atoms with Gasteiger partial charge in [0.25, 0.3) is 0 Å². The van der Waals surface area contributed by atoms with Gasteiger partial charge >= 0.3 is 0 Å². The number of piperidine rings is 1. The lowest BCUT2D eigenvalue weighted by Gasteiger charge is -2.21. The lowest BCUT2D eigenvalue weighted by Crippen LogP contribution is -2.47. The number of carbonyl (C=O) groups is 2. The number of hydrogen-bond donors (Lipinski definition) is 3. The highest BCUT2D eigenvalue weighted by Crippen LogP contribution is 2.09. The number of anilines is 1. The first kappa shape index (κ1) is 11.5. The fourth-order valence-electron chi connectivity index (χ4n) is 1.50. The molecule has 1 fully saturated rings. The van der Waals surface area contributed by atoms with Crippen LogP contribution in [0.1, 0.15) is 18.4 Å². The van der Waals surface area contributed by atoms with Gasteiger partial charge in [-0.15, -0.1) is 0 Å². The number of rotatable bonds is 3. The highest BCUT2D eigenvalue weighted by atomic mass is 16.3. The van der Waals surface area contributed by atoms with Gasteiger partial charge in [0, 0.05) is 24.4 Å². The second-order valence-corrected chi connectivity index (χ2v) is 3.72. The molecule has 1 aliphatic heterocycles. The Hall–Kier alpha value is -2.02. The van der Waals surface area contributed by atoms with Crippen LogP contribution in [-0.2, 0) is 16.2 Å². The predicted molar refractivity (Wildman–Crippen MR) is 57.7 cm³/mol. The monoisotopic (exact) mass is 236 g/mol. The van der Waals surface area contributed by atoms with Gasteiger partial charge in [-0.3, -0.25) is 14.9 Å². The minimum absolute atomic E-state index is 0.126. The van der Waals surface area contributed by atoms with E-state index in [4.69, 9.17) is 5.11 Å². The topological polar surface area (TPSA) is 104 Å². The van der Waals surface area contributed by atoms with Crippen molar-refractivity contribution in [1.29, 1.82) is 0 Å². The average molecular weight is 236 g/mol. The second kappa shape index (κ2) is 4.88. The summed E-state index contributed by atoms with van der Waals surface area (Å²) in [4.78, 5) is 30.3. The Kier molecular flexibility index (Phi) is 3.29. The smallest absolute Gasteiger partial charge is 0.249 e. The summed E-state index contributed by atoms with van der Waals surface area (Å²) in [6, 6.07) is -0.493. The minimum atomic E-state index is -0.493. The Labute approximate surface area is 97.3 Å². The summed E-state index contributed by atoms with van der Waals surface area (Å²) in [7, 11) is 0. The molecule has 0 radical (unpaired) electrons. The van der Waals surface area contributed by atoms with Crippen LogP contribution in [0, 0.1) is 0 Å². The zero-order valence-electron chi connectivity index (χ0n) is 9.01. The van der Waals surface area contributed by atoms with Gasteiger partial charge in [0.15, 0.2) is 0 Å². The summed E-state index contributed by atoms with van der Waals surface area (Å²) in [5.74, 6) is -0.322. The normalized spacial score (nSPS) is 19.9. The third kappa shape index (κ3) is 2.76. The quantitative estimate of drug-likeness (QED) is 0.593. The first-order valence-corrected chi connectivity index (χ1v) is 5.21. The molecule has 7 heteroatoms. The van der Waals surface area contributed by atoms with Crippen LogP contribution >= 0.6 is 0 Å². The van der Waals surface area contributed by atoms with Crippen molar-refractivity contribution in [3.8, 4) is 0 Å². The molecule has 0 spiro atoms. The molecule has 2 amide bonds. The van der Waals surface area contributed by atoms with Gasteiger partial charge < -0.3 is 10.4 Å². The number of nitrogens with zero attached hydrogens (tertiary/aromatic N) is 2. The molecule has 0 aliphatic carbocycles. The van der Waals surface area contributed by atoms with Gasteiger partial charge in [0.05, 0.1) is 6.61 Å². The number of aliphatic hydroxyl groups excluding tert-OH is 1. The molecular weight excluding hydrogens is 224 g/mol. The summed E-state index contributed by atoms with van der Waals surface area (Å²) >= 11 is 0. The maximum Gasteiger partial charge on any atom is 0.249 e. The van der Waals surface area contributed by atoms with Crippen molar-refractivity contribution >= 4 is 17.8 Å². The van der Waals surface area contributed by atoms with Gasteiger partial charge in [-0.2, -0.15) is 0 Å². The van der Waals surface area contributed by atoms with E-state index in [0.717, 1.165) is 0 Å². The molecule has 7 nitrogen and oxygen atoms in total. The molecule has 0 bridgehead atoms. The van der Waals surface area contributed by atoms with Crippen LogP contribution in [0.4, 0.5) is 5.95 Å². The molecule has 0 aromatic carbocycles. The zero-order valence-corrected chi connectivity index (χ0v) is 9.01. The van der Waals surface area contributed by atoms with Crippen molar-refractivity contribution in [3.05, 3.63) is 18.0 Å². The molecule has 2 heterocycles. The Morgan fingerprint density at radius 3 is 2.71 bits per heavy atom. The third-order valence-electron chi connectivity index (χ3n) is 2.43. The maximum atomic E-state index is 11.4. The van der Waals surface area contributed by atoms with Gasteiger partial charge in [-0.25, -0.2) is 9.97 Å². The molecule has 90 valence electrons. The van der Waals surface area contributed by atoms with Crippen LogP contribution in [0.3, 0.4) is 0 Å². The van der Waals surface area contributed by atoms with E-state index in [0.29, 0.717) is 24.4 Å². The molecule has 1 aromatic heterocycles. The molecule has 1 aromatic rings. The van der Waals surface area contributed by atoms with Crippen LogP contribution in [0.2, 0.25) is 0 Å². The molecule has 1 aliphatic rings. The van der Waals surface area contributed by atoms with Crippen molar-refractivity contribution in [1.82, 2.24) is 15.3 Å². The number of hydrogen-bond acceptors (Lipinski definition) is 6. The number of aromatic nitrogens is 2. The highest BCUT2D eigenvalue weighted by molar-refractivity contribution is 6.01. The van der Waals surface area contributed by atoms with Crippen molar-refractivity contribution in [3.63, 3.8) is 0 Å². The number of amides is 2. The second-order valence-electron chi connectivity index (χ2n) is 3.72. The van der Waals surface area contributed by atoms with Gasteiger partial charge in [0.2, 0.25) is 17.8 Å². The molecule has 1 unspecified atom stereocenters. The number of nitrogens with one attached hydrogen (secondary N) is 2. The summed E-state index contributed by atoms with van der Waals surface area (Å²) in [5.41, 5.74) is 0.596. The van der Waals surface area contributed by atoms with E-state index < -0.39 is 6.04 Å². The Balaban J connectivity index is 2.00. The van der Waals surface area contributed by atoms with E-state index in [1.807, 2.05) is 0 Å². The Morgan fingerprint density at radius 1 is 1.41 bits per heavy atom. The zero-order chi connectivity index (χ0) is 12.3. The number of aliphatic hydroxyl groups is 1. The van der Waals surface area contributed by atoms with E-state index in [1.54, 1.807) is 0 Å². The first-order chi connectivity index (χ1) is 8.19. The fraction of sp³-hybridized carbons (Fsp3) is 0.400. The van der Waals surface area contributed by atoms with Gasteiger partial charge in [0.1, 0.15) is 6.04 Å². The van der Waals surface area contributed by atoms with E-state index >= 15 is 0 Å². The summed E-state index contributed by atoms with van der Waals surface area (Å²) in [6.45, 7) is -0.126. The summed E-state index contributed by atoms with van der Waals surface area (Å²) in [6.07, 6.45) is 3.68. The predicted octanol–water partition coefficient (Wildman–Crippen LogP) is -0.814. The third-order valence-corrected chi connectivity index (χ3v) is 2.43. The van der Waals surface area contributed by atoms with Crippen LogP contribution in [0.5, 0.6) is 0 Å². The van der Waals surface area contributed by atoms with Crippen LogP contribution in [0.15, 0.2) is 12.4 Å². The Bertz CT molecular complexity index is 432. The van der Waals surface area contributed by atoms with Crippen LogP contribution in [0.25, 0.3) is 0 Å². The first-order valence-electron chi connectivity index (χ1n) is 5.21. The summed E-state index contributed by atoms with van der Waals surface area (Å²) < 4.78 is 0. The van der Waals surface area contributed by atoms with Crippen molar-refractivity contribution in [2.75, 3.05) is 5.32 Å². The molecule has 3 N–H and O–H groups in total. The fourth-order valence-corrected chi connectivity index (χ4v) is 1.50. The van der Waals surface area contributed by atoms with Crippen LogP contribution < -0.4 is 10.6 Å². The Morgan fingerprint density at radius 2 is 2.12 bits per heavy atom. The highest BCUT2D eigenvalue weighted by Gasteiger charge is 2.26. The lowest BCUT2D eigenvalue weighted by atomic mass is 10.1. The van der Waals surface area contributed by atoms with Gasteiger partial charge in [-0.1, -0.05) is 0 Å². The van der Waals surface area contributed by atoms with E-state index in [1.165, 1.54) is 12.4 Å².